The van der Waals surface area contributed by atoms with Gasteiger partial charge in [0.2, 0.25) is 0 Å². The van der Waals surface area contributed by atoms with Crippen molar-refractivity contribution in [2.24, 2.45) is 0 Å². The van der Waals surface area contributed by atoms with Crippen LogP contribution in [0.4, 0.5) is 5.69 Å². The standard InChI is InChI=1S/C10H19N3Si/c1-14(2,3)13-9-10(8-11-13)12-6-4-5-7-12/h8-9H,4-7H2,1-3H3. The Morgan fingerprint density at radius 2 is 1.86 bits per heavy atom. The summed E-state index contributed by atoms with van der Waals surface area (Å²) in [5.41, 5.74) is 1.31. The van der Waals surface area contributed by atoms with Crippen LogP contribution in [0.3, 0.4) is 0 Å². The van der Waals surface area contributed by atoms with E-state index in [9.17, 15) is 0 Å². The van der Waals surface area contributed by atoms with Gasteiger partial charge in [-0.1, -0.05) is 0 Å². The van der Waals surface area contributed by atoms with Gasteiger partial charge in [-0.2, -0.15) is 5.10 Å². The molecule has 0 bridgehead atoms. The zero-order chi connectivity index (χ0) is 10.2. The Bertz CT molecular complexity index is 307. The lowest BCUT2D eigenvalue weighted by Crippen LogP contribution is -2.32. The normalized spacial score (nSPS) is 17.8. The highest BCUT2D eigenvalue weighted by Gasteiger charge is 2.20. The van der Waals surface area contributed by atoms with Gasteiger partial charge < -0.3 is 4.90 Å². The molecule has 0 aliphatic carbocycles. The van der Waals surface area contributed by atoms with Crippen LogP contribution in [0.2, 0.25) is 19.6 Å². The highest BCUT2D eigenvalue weighted by atomic mass is 28.3. The summed E-state index contributed by atoms with van der Waals surface area (Å²) in [6.07, 6.45) is 6.90. The highest BCUT2D eigenvalue weighted by Crippen LogP contribution is 2.20. The molecule has 0 unspecified atom stereocenters. The topological polar surface area (TPSA) is 21.1 Å². The van der Waals surface area contributed by atoms with Gasteiger partial charge in [0, 0.05) is 19.3 Å². The minimum atomic E-state index is -1.28. The average Bonchev–Trinajstić information content (AvgIpc) is 2.73. The highest BCUT2D eigenvalue weighted by molar-refractivity contribution is 6.74. The molecular weight excluding hydrogens is 190 g/mol. The van der Waals surface area contributed by atoms with Crippen molar-refractivity contribution in [1.29, 1.82) is 0 Å². The second-order valence-electron chi connectivity index (χ2n) is 5.01. The zero-order valence-corrected chi connectivity index (χ0v) is 10.3. The largest absolute Gasteiger partial charge is 0.369 e. The Hall–Kier alpha value is -0.773. The lowest BCUT2D eigenvalue weighted by molar-refractivity contribution is 0.932. The summed E-state index contributed by atoms with van der Waals surface area (Å²) in [5, 5.41) is 4.47. The summed E-state index contributed by atoms with van der Waals surface area (Å²) in [5.74, 6) is 0. The molecule has 1 aliphatic heterocycles. The zero-order valence-electron chi connectivity index (χ0n) is 9.32. The van der Waals surface area contributed by atoms with Crippen molar-refractivity contribution in [2.75, 3.05) is 18.0 Å². The fourth-order valence-corrected chi connectivity index (χ4v) is 2.74. The monoisotopic (exact) mass is 209 g/mol. The number of rotatable bonds is 2. The van der Waals surface area contributed by atoms with E-state index in [-0.39, 0.29) is 0 Å². The maximum Gasteiger partial charge on any atom is 0.176 e. The number of nitrogens with zero attached hydrogens (tertiary/aromatic N) is 3. The van der Waals surface area contributed by atoms with Crippen LogP contribution in [0, 0.1) is 0 Å². The Morgan fingerprint density at radius 1 is 1.21 bits per heavy atom. The van der Waals surface area contributed by atoms with Crippen molar-refractivity contribution >= 4 is 13.9 Å². The van der Waals surface area contributed by atoms with Gasteiger partial charge in [-0.3, -0.25) is 4.35 Å². The summed E-state index contributed by atoms with van der Waals surface area (Å²) < 4.78 is 2.18. The average molecular weight is 209 g/mol. The first-order valence-electron chi connectivity index (χ1n) is 5.37. The Labute approximate surface area is 86.8 Å². The summed E-state index contributed by atoms with van der Waals surface area (Å²) in [6.45, 7) is 9.35. The first-order chi connectivity index (χ1) is 6.57. The maximum atomic E-state index is 4.47. The first kappa shape index (κ1) is 9.77. The van der Waals surface area contributed by atoms with Gasteiger partial charge in [0.15, 0.2) is 8.24 Å². The second-order valence-corrected chi connectivity index (χ2v) is 9.81. The van der Waals surface area contributed by atoms with Gasteiger partial charge in [0.05, 0.1) is 11.9 Å². The molecule has 1 fully saturated rings. The van der Waals surface area contributed by atoms with Crippen LogP contribution in [-0.2, 0) is 0 Å². The number of hydrogen-bond acceptors (Lipinski definition) is 2. The number of hydrogen-bond donors (Lipinski definition) is 0. The summed E-state index contributed by atoms with van der Waals surface area (Å²) in [7, 11) is -1.28. The molecule has 2 heterocycles. The van der Waals surface area contributed by atoms with Crippen LogP contribution in [-0.4, -0.2) is 30.8 Å². The van der Waals surface area contributed by atoms with Gasteiger partial charge in [0.1, 0.15) is 0 Å². The van der Waals surface area contributed by atoms with Crippen molar-refractivity contribution in [1.82, 2.24) is 9.45 Å². The fourth-order valence-electron chi connectivity index (χ4n) is 1.82. The molecule has 0 aromatic carbocycles. The third kappa shape index (κ3) is 1.85. The molecule has 0 amide bonds. The van der Waals surface area contributed by atoms with E-state index in [0.29, 0.717) is 0 Å². The SMILES string of the molecule is C[Si](C)(C)n1cc(N2CCCC2)cn1. The van der Waals surface area contributed by atoms with E-state index >= 15 is 0 Å². The number of aromatic nitrogens is 2. The summed E-state index contributed by atoms with van der Waals surface area (Å²) in [6, 6.07) is 0. The van der Waals surface area contributed by atoms with E-state index in [2.05, 4.69) is 40.2 Å². The predicted molar refractivity (Wildman–Crippen MR) is 62.4 cm³/mol. The lowest BCUT2D eigenvalue weighted by Gasteiger charge is -2.17. The van der Waals surface area contributed by atoms with Crippen LogP contribution in [0.25, 0.3) is 0 Å². The van der Waals surface area contributed by atoms with Crippen LogP contribution < -0.4 is 4.90 Å². The van der Waals surface area contributed by atoms with Crippen molar-refractivity contribution in [2.45, 2.75) is 32.5 Å². The van der Waals surface area contributed by atoms with E-state index in [1.807, 2.05) is 6.20 Å². The minimum absolute atomic E-state index is 1.21. The van der Waals surface area contributed by atoms with Gasteiger partial charge in [-0.15, -0.1) is 0 Å². The van der Waals surface area contributed by atoms with Crippen LogP contribution in [0.1, 0.15) is 12.8 Å². The van der Waals surface area contributed by atoms with Crippen molar-refractivity contribution in [3.05, 3.63) is 12.4 Å². The van der Waals surface area contributed by atoms with Gasteiger partial charge in [0.25, 0.3) is 0 Å². The van der Waals surface area contributed by atoms with Crippen molar-refractivity contribution < 1.29 is 0 Å². The third-order valence-electron chi connectivity index (χ3n) is 2.73. The quantitative estimate of drug-likeness (QED) is 0.696. The Kier molecular flexibility index (Phi) is 2.39. The van der Waals surface area contributed by atoms with Crippen LogP contribution in [0.15, 0.2) is 12.4 Å². The molecule has 2 rings (SSSR count). The van der Waals surface area contributed by atoms with E-state index in [4.69, 9.17) is 0 Å². The predicted octanol–water partition coefficient (Wildman–Crippen LogP) is 2.17. The van der Waals surface area contributed by atoms with Gasteiger partial charge >= 0.3 is 0 Å². The Balaban J connectivity index is 2.17. The molecule has 0 saturated carbocycles. The van der Waals surface area contributed by atoms with E-state index in [1.54, 1.807) is 0 Å². The fraction of sp³-hybridized carbons (Fsp3) is 0.700. The molecule has 0 atom stereocenters. The molecule has 0 radical (unpaired) electrons. The van der Waals surface area contributed by atoms with Crippen molar-refractivity contribution in [3.8, 4) is 0 Å². The molecule has 0 spiro atoms. The smallest absolute Gasteiger partial charge is 0.176 e. The third-order valence-corrected chi connectivity index (χ3v) is 4.35. The first-order valence-corrected chi connectivity index (χ1v) is 8.82. The van der Waals surface area contributed by atoms with E-state index < -0.39 is 8.24 Å². The molecule has 1 aliphatic rings. The van der Waals surface area contributed by atoms with Gasteiger partial charge in [-0.05, 0) is 32.5 Å². The van der Waals surface area contributed by atoms with Crippen LogP contribution >= 0.6 is 0 Å². The molecule has 0 N–H and O–H groups in total. The number of anilines is 1. The van der Waals surface area contributed by atoms with Crippen molar-refractivity contribution in [3.63, 3.8) is 0 Å². The Morgan fingerprint density at radius 3 is 2.36 bits per heavy atom. The van der Waals surface area contributed by atoms with Gasteiger partial charge in [-0.25, -0.2) is 0 Å². The summed E-state index contributed by atoms with van der Waals surface area (Å²) in [4.78, 5) is 2.43. The van der Waals surface area contributed by atoms with E-state index in [0.717, 1.165) is 0 Å². The molecule has 1 aromatic heterocycles. The molecule has 78 valence electrons. The molecule has 4 heteroatoms. The molecule has 1 aromatic rings. The van der Waals surface area contributed by atoms with E-state index in [1.165, 1.54) is 31.6 Å². The van der Waals surface area contributed by atoms with Crippen LogP contribution in [0.5, 0.6) is 0 Å². The maximum absolute atomic E-state index is 4.47. The molecule has 3 nitrogen and oxygen atoms in total. The second kappa shape index (κ2) is 3.42. The molecule has 1 saturated heterocycles. The lowest BCUT2D eigenvalue weighted by atomic mass is 10.4. The minimum Gasteiger partial charge on any atom is -0.369 e. The summed E-state index contributed by atoms with van der Waals surface area (Å²) >= 11 is 0. The molecule has 14 heavy (non-hydrogen) atoms. The molecular formula is C10H19N3Si.